The van der Waals surface area contributed by atoms with E-state index in [0.29, 0.717) is 0 Å². The molecule has 0 saturated heterocycles. The molecule has 0 heterocycles. The van der Waals surface area contributed by atoms with Crippen molar-refractivity contribution in [1.82, 2.24) is 0 Å². The minimum absolute atomic E-state index is 0.116. The van der Waals surface area contributed by atoms with Crippen molar-refractivity contribution in [3.05, 3.63) is 0 Å². The van der Waals surface area contributed by atoms with Gasteiger partial charge < -0.3 is 0 Å². The van der Waals surface area contributed by atoms with Gasteiger partial charge in [0.05, 0.1) is 0 Å². The van der Waals surface area contributed by atoms with Crippen LogP contribution in [-0.2, 0) is 9.09 Å². The van der Waals surface area contributed by atoms with Crippen molar-refractivity contribution < 1.29 is 22.3 Å². The van der Waals surface area contributed by atoms with Crippen molar-refractivity contribution in [3.8, 4) is 0 Å². The predicted octanol–water partition coefficient (Wildman–Crippen LogP) is 2.33. The molecule has 0 aliphatic rings. The lowest BCUT2D eigenvalue weighted by molar-refractivity contribution is -0.152. The molecule has 0 fully saturated rings. The van der Waals surface area contributed by atoms with E-state index in [2.05, 4.69) is 4.52 Å². The fraction of sp³-hybridized carbons (Fsp3) is 1.00. The van der Waals surface area contributed by atoms with Crippen LogP contribution in [0.4, 0.5) is 13.2 Å². The van der Waals surface area contributed by atoms with E-state index < -0.39 is 20.8 Å². The van der Waals surface area contributed by atoms with E-state index in [1.54, 1.807) is 0 Å². The molecule has 0 bridgehead atoms. The van der Waals surface area contributed by atoms with Crippen molar-refractivity contribution in [1.29, 1.82) is 0 Å². The van der Waals surface area contributed by atoms with Gasteiger partial charge >= 0.3 is 14.2 Å². The summed E-state index contributed by atoms with van der Waals surface area (Å²) < 4.78 is 48.1. The Balaban J connectivity index is 3.46. The minimum atomic E-state index is -4.37. The van der Waals surface area contributed by atoms with Gasteiger partial charge in [0.2, 0.25) is 0 Å². The number of hydrogen-bond donors (Lipinski definition) is 0. The summed E-state index contributed by atoms with van der Waals surface area (Å²) in [7, 11) is -2.11. The van der Waals surface area contributed by atoms with Gasteiger partial charge in [-0.05, 0) is 11.5 Å². The lowest BCUT2D eigenvalue weighted by atomic mass is 10.7. The summed E-state index contributed by atoms with van der Waals surface area (Å²) >= 11 is 0. The highest BCUT2D eigenvalue weighted by Crippen LogP contribution is 2.25. The quantitative estimate of drug-likeness (QED) is 0.615. The molecule has 2 nitrogen and oxygen atoms in total. The summed E-state index contributed by atoms with van der Waals surface area (Å²) in [6.45, 7) is 0.0745. The standard InChI is InChI=1S/C4H7F3O2P/c1-2-10(8)9-3-4(5,6)7/h2-3H2,1H3/q+1. The predicted molar refractivity (Wildman–Crippen MR) is 30.2 cm³/mol. The van der Waals surface area contributed by atoms with Gasteiger partial charge in [0, 0.05) is 0 Å². The first kappa shape index (κ1) is 9.85. The Bertz CT molecular complexity index is 122. The molecule has 0 rings (SSSR count). The average Bonchev–Trinajstić information content (AvgIpc) is 1.81. The monoisotopic (exact) mass is 175 g/mol. The smallest absolute Gasteiger partial charge is 0.168 e. The van der Waals surface area contributed by atoms with Crippen molar-refractivity contribution >= 4 is 8.03 Å². The molecule has 0 spiro atoms. The van der Waals surface area contributed by atoms with Crippen molar-refractivity contribution in [2.24, 2.45) is 0 Å². The van der Waals surface area contributed by atoms with Crippen LogP contribution in [0.2, 0.25) is 0 Å². The van der Waals surface area contributed by atoms with Crippen LogP contribution in [0.25, 0.3) is 0 Å². The van der Waals surface area contributed by atoms with Gasteiger partial charge in [-0.1, -0.05) is 0 Å². The molecule has 60 valence electrons. The third-order valence-electron chi connectivity index (χ3n) is 0.630. The highest BCUT2D eigenvalue weighted by atomic mass is 31.1. The van der Waals surface area contributed by atoms with Gasteiger partial charge in [0.1, 0.15) is 0 Å². The fourth-order valence-electron chi connectivity index (χ4n) is 0.236. The number of alkyl halides is 3. The van der Waals surface area contributed by atoms with Crippen molar-refractivity contribution in [2.45, 2.75) is 13.1 Å². The zero-order chi connectivity index (χ0) is 8.20. The maximum Gasteiger partial charge on any atom is 0.508 e. The SMILES string of the molecule is CC[P+](=O)OCC(F)(F)F. The molecule has 1 atom stereocenters. The van der Waals surface area contributed by atoms with Gasteiger partial charge in [-0.15, -0.1) is 4.52 Å². The fourth-order valence-corrected chi connectivity index (χ4v) is 0.709. The third kappa shape index (κ3) is 5.98. The van der Waals surface area contributed by atoms with Gasteiger partial charge in [0.25, 0.3) is 0 Å². The Kier molecular flexibility index (Phi) is 3.83. The lowest BCUT2D eigenvalue weighted by Gasteiger charge is -1.98. The van der Waals surface area contributed by atoms with Crippen LogP contribution < -0.4 is 0 Å². The Morgan fingerprint density at radius 3 is 2.30 bits per heavy atom. The molecule has 0 amide bonds. The average molecular weight is 175 g/mol. The summed E-state index contributed by atoms with van der Waals surface area (Å²) in [5, 5.41) is 0. The third-order valence-corrected chi connectivity index (χ3v) is 1.56. The largest absolute Gasteiger partial charge is 0.508 e. The molecule has 0 radical (unpaired) electrons. The molecule has 1 unspecified atom stereocenters. The topological polar surface area (TPSA) is 26.3 Å². The zero-order valence-electron chi connectivity index (χ0n) is 5.31. The van der Waals surface area contributed by atoms with Crippen LogP contribution >= 0.6 is 8.03 Å². The van der Waals surface area contributed by atoms with Crippen LogP contribution in [0.1, 0.15) is 6.92 Å². The summed E-state index contributed by atoms with van der Waals surface area (Å²) in [4.78, 5) is 0. The van der Waals surface area contributed by atoms with E-state index in [-0.39, 0.29) is 6.16 Å². The van der Waals surface area contributed by atoms with E-state index in [0.717, 1.165) is 0 Å². The Morgan fingerprint density at radius 2 is 2.00 bits per heavy atom. The number of rotatable bonds is 3. The molecule has 6 heteroatoms. The maximum absolute atomic E-state index is 11.3. The van der Waals surface area contributed by atoms with Gasteiger partial charge in [-0.2, -0.15) is 13.2 Å². The van der Waals surface area contributed by atoms with Crippen molar-refractivity contribution in [3.63, 3.8) is 0 Å². The zero-order valence-corrected chi connectivity index (χ0v) is 6.21. The van der Waals surface area contributed by atoms with Gasteiger partial charge in [-0.25, -0.2) is 0 Å². The van der Waals surface area contributed by atoms with E-state index >= 15 is 0 Å². The molecular weight excluding hydrogens is 168 g/mol. The van der Waals surface area contributed by atoms with Gasteiger partial charge in [-0.3, -0.25) is 0 Å². The molecule has 10 heavy (non-hydrogen) atoms. The lowest BCUT2D eigenvalue weighted by Crippen LogP contribution is -2.14. The van der Waals surface area contributed by atoms with Crippen LogP contribution in [0.5, 0.6) is 0 Å². The van der Waals surface area contributed by atoms with E-state index in [1.165, 1.54) is 6.92 Å². The number of hydrogen-bond acceptors (Lipinski definition) is 2. The summed E-state index contributed by atoms with van der Waals surface area (Å²) in [5.74, 6) is 0. The number of halogens is 3. The molecule has 0 N–H and O–H groups in total. The van der Waals surface area contributed by atoms with Crippen molar-refractivity contribution in [2.75, 3.05) is 12.8 Å². The first-order chi connectivity index (χ1) is 4.45. The summed E-state index contributed by atoms with van der Waals surface area (Å²) in [6.07, 6.45) is -4.26. The summed E-state index contributed by atoms with van der Waals surface area (Å²) in [6, 6.07) is 0. The molecule has 0 saturated carbocycles. The molecular formula is C4H7F3O2P+. The Hall–Kier alpha value is -0.150. The molecule has 0 aliphatic carbocycles. The van der Waals surface area contributed by atoms with Crippen LogP contribution in [0.3, 0.4) is 0 Å². The second-order valence-corrected chi connectivity index (χ2v) is 3.09. The molecule has 0 aliphatic heterocycles. The summed E-state index contributed by atoms with van der Waals surface area (Å²) in [5.41, 5.74) is 0. The normalized spacial score (nSPS) is 13.4. The molecule has 0 aromatic rings. The molecule has 0 aromatic carbocycles. The minimum Gasteiger partial charge on any atom is -0.168 e. The van der Waals surface area contributed by atoms with Crippen LogP contribution in [0, 0.1) is 0 Å². The molecule has 0 aromatic heterocycles. The first-order valence-electron chi connectivity index (χ1n) is 2.60. The van der Waals surface area contributed by atoms with E-state index in [9.17, 15) is 17.7 Å². The van der Waals surface area contributed by atoms with E-state index in [1.807, 2.05) is 0 Å². The van der Waals surface area contributed by atoms with Crippen LogP contribution in [-0.4, -0.2) is 18.9 Å². The van der Waals surface area contributed by atoms with E-state index in [4.69, 9.17) is 0 Å². The Morgan fingerprint density at radius 1 is 1.50 bits per heavy atom. The first-order valence-corrected chi connectivity index (χ1v) is 3.96. The second-order valence-electron chi connectivity index (χ2n) is 1.54. The highest BCUT2D eigenvalue weighted by molar-refractivity contribution is 7.39. The van der Waals surface area contributed by atoms with Gasteiger partial charge in [0.15, 0.2) is 12.8 Å². The second kappa shape index (κ2) is 3.88. The van der Waals surface area contributed by atoms with Crippen LogP contribution in [0.15, 0.2) is 0 Å². The maximum atomic E-state index is 11.3. The Labute approximate surface area is 57.2 Å². The highest BCUT2D eigenvalue weighted by Gasteiger charge is 2.32.